The molecule has 0 radical (unpaired) electrons. The lowest BCUT2D eigenvalue weighted by Crippen LogP contribution is -2.03. The normalized spacial score (nSPS) is 17.1. The maximum absolute atomic E-state index is 11.9. The van der Waals surface area contributed by atoms with E-state index in [4.69, 9.17) is 0 Å². The topological polar surface area (TPSA) is 29.5 Å². The van der Waals surface area contributed by atoms with Gasteiger partial charge >= 0.3 is 6.61 Å². The van der Waals surface area contributed by atoms with Crippen LogP contribution in [0.3, 0.4) is 0 Å². The number of aliphatic hydroxyl groups is 1. The van der Waals surface area contributed by atoms with E-state index in [-0.39, 0.29) is 5.75 Å². The third kappa shape index (κ3) is 3.03. The Kier molecular flexibility index (Phi) is 3.74. The van der Waals surface area contributed by atoms with Crippen molar-refractivity contribution in [3.63, 3.8) is 0 Å². The molecular weight excluding hydrogens is 226 g/mol. The largest absolute Gasteiger partial charge is 0.435 e. The van der Waals surface area contributed by atoms with Crippen molar-refractivity contribution in [2.75, 3.05) is 0 Å². The fraction of sp³-hybridized carbons (Fsp3) is 0.385. The van der Waals surface area contributed by atoms with Crippen LogP contribution in [0.15, 0.2) is 35.9 Å². The zero-order valence-corrected chi connectivity index (χ0v) is 9.27. The van der Waals surface area contributed by atoms with Gasteiger partial charge < -0.3 is 9.84 Å². The smallest absolute Gasteiger partial charge is 0.387 e. The maximum atomic E-state index is 11.9. The number of hydrogen-bond acceptors (Lipinski definition) is 2. The highest BCUT2D eigenvalue weighted by Crippen LogP contribution is 2.31. The standard InChI is InChI=1S/C13H14F2O2/c14-13(15)17-11-7-5-10(6-8-11)12(16)9-3-1-2-4-9/h3,5-8,12-13,16H,1-2,4H2. The first-order valence-corrected chi connectivity index (χ1v) is 5.58. The van der Waals surface area contributed by atoms with E-state index in [1.807, 2.05) is 6.08 Å². The summed E-state index contributed by atoms with van der Waals surface area (Å²) in [5.74, 6) is 0.108. The van der Waals surface area contributed by atoms with Gasteiger partial charge in [-0.1, -0.05) is 18.2 Å². The zero-order chi connectivity index (χ0) is 12.3. The van der Waals surface area contributed by atoms with Gasteiger partial charge in [0.1, 0.15) is 11.9 Å². The molecule has 0 aliphatic heterocycles. The summed E-state index contributed by atoms with van der Waals surface area (Å²) in [6.45, 7) is -2.82. The minimum absolute atomic E-state index is 0.108. The second-order valence-electron chi connectivity index (χ2n) is 4.02. The number of allylic oxidation sites excluding steroid dienone is 1. The Hall–Kier alpha value is -1.42. The molecule has 0 saturated carbocycles. The Morgan fingerprint density at radius 2 is 1.88 bits per heavy atom. The molecule has 4 heteroatoms. The van der Waals surface area contributed by atoms with Gasteiger partial charge in [0.2, 0.25) is 0 Å². The molecule has 1 atom stereocenters. The zero-order valence-electron chi connectivity index (χ0n) is 9.27. The molecule has 0 aromatic heterocycles. The fourth-order valence-electron chi connectivity index (χ4n) is 1.99. The van der Waals surface area contributed by atoms with Crippen LogP contribution < -0.4 is 4.74 Å². The van der Waals surface area contributed by atoms with Crippen molar-refractivity contribution >= 4 is 0 Å². The van der Waals surface area contributed by atoms with Crippen molar-refractivity contribution in [3.8, 4) is 5.75 Å². The van der Waals surface area contributed by atoms with Crippen molar-refractivity contribution in [3.05, 3.63) is 41.5 Å². The third-order valence-corrected chi connectivity index (χ3v) is 2.85. The summed E-state index contributed by atoms with van der Waals surface area (Å²) in [5.41, 5.74) is 1.72. The highest BCUT2D eigenvalue weighted by atomic mass is 19.3. The molecule has 92 valence electrons. The molecule has 0 saturated heterocycles. The SMILES string of the molecule is OC(C1=CCCC1)c1ccc(OC(F)F)cc1. The lowest BCUT2D eigenvalue weighted by atomic mass is 10.0. The Morgan fingerprint density at radius 1 is 1.18 bits per heavy atom. The van der Waals surface area contributed by atoms with E-state index in [0.29, 0.717) is 5.56 Å². The number of ether oxygens (including phenoxy) is 1. The number of halogens is 2. The highest BCUT2D eigenvalue weighted by Gasteiger charge is 2.16. The summed E-state index contributed by atoms with van der Waals surface area (Å²) in [7, 11) is 0. The van der Waals surface area contributed by atoms with Gasteiger partial charge in [-0.2, -0.15) is 8.78 Å². The average Bonchev–Trinajstić information content (AvgIpc) is 2.82. The predicted molar refractivity (Wildman–Crippen MR) is 60.0 cm³/mol. The predicted octanol–water partition coefficient (Wildman–Crippen LogP) is 3.43. The fourth-order valence-corrected chi connectivity index (χ4v) is 1.99. The van der Waals surface area contributed by atoms with E-state index in [0.717, 1.165) is 24.8 Å². The van der Waals surface area contributed by atoms with Crippen molar-refractivity contribution < 1.29 is 18.6 Å². The maximum Gasteiger partial charge on any atom is 0.387 e. The van der Waals surface area contributed by atoms with Gasteiger partial charge in [-0.15, -0.1) is 0 Å². The van der Waals surface area contributed by atoms with Gasteiger partial charge in [-0.25, -0.2) is 0 Å². The van der Waals surface area contributed by atoms with Crippen LogP contribution in [0.25, 0.3) is 0 Å². The van der Waals surface area contributed by atoms with E-state index in [1.165, 1.54) is 12.1 Å². The Labute approximate surface area is 98.5 Å². The van der Waals surface area contributed by atoms with Gasteiger partial charge in [-0.3, -0.25) is 0 Å². The van der Waals surface area contributed by atoms with Crippen molar-refractivity contribution in [2.24, 2.45) is 0 Å². The number of aliphatic hydroxyl groups excluding tert-OH is 1. The number of rotatable bonds is 4. The van der Waals surface area contributed by atoms with Crippen molar-refractivity contribution in [2.45, 2.75) is 32.0 Å². The van der Waals surface area contributed by atoms with Crippen LogP contribution in [0, 0.1) is 0 Å². The van der Waals surface area contributed by atoms with Gasteiger partial charge in [0.05, 0.1) is 0 Å². The molecule has 0 spiro atoms. The average molecular weight is 240 g/mol. The first kappa shape index (κ1) is 12.0. The van der Waals surface area contributed by atoms with Crippen molar-refractivity contribution in [1.29, 1.82) is 0 Å². The van der Waals surface area contributed by atoms with Crippen molar-refractivity contribution in [1.82, 2.24) is 0 Å². The van der Waals surface area contributed by atoms with Gasteiger partial charge in [0, 0.05) is 0 Å². The van der Waals surface area contributed by atoms with Crippen LogP contribution in [0.5, 0.6) is 5.75 Å². The van der Waals surface area contributed by atoms with E-state index in [9.17, 15) is 13.9 Å². The highest BCUT2D eigenvalue weighted by molar-refractivity contribution is 5.33. The quantitative estimate of drug-likeness (QED) is 0.817. The van der Waals surface area contributed by atoms with Gasteiger partial charge in [-0.05, 0) is 42.5 Å². The molecule has 1 unspecified atom stereocenters. The van der Waals surface area contributed by atoms with Crippen LogP contribution in [-0.2, 0) is 0 Å². The van der Waals surface area contributed by atoms with Gasteiger partial charge in [0.25, 0.3) is 0 Å². The molecule has 2 rings (SSSR count). The monoisotopic (exact) mass is 240 g/mol. The van der Waals surface area contributed by atoms with Crippen LogP contribution in [0.4, 0.5) is 8.78 Å². The molecule has 17 heavy (non-hydrogen) atoms. The minimum atomic E-state index is -2.82. The molecule has 1 aromatic carbocycles. The van der Waals surface area contributed by atoms with E-state index >= 15 is 0 Å². The molecule has 0 amide bonds. The van der Waals surface area contributed by atoms with Crippen LogP contribution in [0.1, 0.15) is 30.9 Å². The van der Waals surface area contributed by atoms with Crippen LogP contribution >= 0.6 is 0 Å². The number of hydrogen-bond donors (Lipinski definition) is 1. The van der Waals surface area contributed by atoms with E-state index < -0.39 is 12.7 Å². The molecule has 1 N–H and O–H groups in total. The molecule has 0 heterocycles. The molecule has 2 nitrogen and oxygen atoms in total. The molecule has 1 aliphatic carbocycles. The Bertz CT molecular complexity index is 398. The first-order valence-electron chi connectivity index (χ1n) is 5.58. The molecule has 0 fully saturated rings. The van der Waals surface area contributed by atoms with E-state index in [1.54, 1.807) is 12.1 Å². The Morgan fingerprint density at radius 3 is 2.41 bits per heavy atom. The number of alkyl halides is 2. The lowest BCUT2D eigenvalue weighted by molar-refractivity contribution is -0.0498. The molecule has 0 bridgehead atoms. The molecule has 1 aliphatic rings. The molecular formula is C13H14F2O2. The minimum Gasteiger partial charge on any atom is -0.435 e. The lowest BCUT2D eigenvalue weighted by Gasteiger charge is -2.13. The first-order chi connectivity index (χ1) is 8.16. The number of benzene rings is 1. The summed E-state index contributed by atoms with van der Waals surface area (Å²) in [4.78, 5) is 0. The molecule has 1 aromatic rings. The summed E-state index contributed by atoms with van der Waals surface area (Å²) in [6.07, 6.45) is 4.38. The second-order valence-corrected chi connectivity index (χ2v) is 4.02. The summed E-state index contributed by atoms with van der Waals surface area (Å²) in [6, 6.07) is 6.11. The summed E-state index contributed by atoms with van der Waals surface area (Å²) < 4.78 is 28.1. The van der Waals surface area contributed by atoms with Crippen LogP contribution in [-0.4, -0.2) is 11.7 Å². The Balaban J connectivity index is 2.06. The summed E-state index contributed by atoms with van der Waals surface area (Å²) in [5, 5.41) is 10.0. The third-order valence-electron chi connectivity index (χ3n) is 2.85. The van der Waals surface area contributed by atoms with Crippen LogP contribution in [0.2, 0.25) is 0 Å². The van der Waals surface area contributed by atoms with Gasteiger partial charge in [0.15, 0.2) is 0 Å². The summed E-state index contributed by atoms with van der Waals surface area (Å²) >= 11 is 0. The van der Waals surface area contributed by atoms with E-state index in [2.05, 4.69) is 4.74 Å². The second kappa shape index (κ2) is 5.27.